The molecule has 0 spiro atoms. The number of fused-ring (bicyclic) bond motifs is 1. The average Bonchev–Trinajstić information content (AvgIpc) is 2.85. The molecule has 242 valence electrons. The molecule has 4 rings (SSSR count). The third-order valence-electron chi connectivity index (χ3n) is 9.22. The summed E-state index contributed by atoms with van der Waals surface area (Å²) < 4.78 is 69.4. The highest BCUT2D eigenvalue weighted by Crippen LogP contribution is 2.98. The van der Waals surface area contributed by atoms with Crippen LogP contribution in [-0.2, 0) is 15.6 Å². The van der Waals surface area contributed by atoms with Gasteiger partial charge in [0.1, 0.15) is 6.10 Å². The van der Waals surface area contributed by atoms with Crippen LogP contribution in [0.15, 0.2) is 35.2 Å². The van der Waals surface area contributed by atoms with Gasteiger partial charge in [-0.05, 0) is 77.6 Å². The van der Waals surface area contributed by atoms with E-state index in [1.54, 1.807) is 0 Å². The maximum absolute atomic E-state index is 14.2. The number of pyridine rings is 1. The van der Waals surface area contributed by atoms with Gasteiger partial charge in [-0.3, -0.25) is 4.98 Å². The van der Waals surface area contributed by atoms with E-state index in [0.717, 1.165) is 47.4 Å². The molecule has 43 heavy (non-hydrogen) atoms. The lowest BCUT2D eigenvalue weighted by atomic mass is 9.71. The maximum atomic E-state index is 14.2. The van der Waals surface area contributed by atoms with Crippen LogP contribution < -0.4 is 0 Å². The van der Waals surface area contributed by atoms with Crippen LogP contribution in [0.5, 0.6) is 0 Å². The highest BCUT2D eigenvalue weighted by Gasteiger charge is 2.59. The van der Waals surface area contributed by atoms with Crippen molar-refractivity contribution in [3.8, 4) is 0 Å². The summed E-state index contributed by atoms with van der Waals surface area (Å²) in [7, 11) is -10.6. The van der Waals surface area contributed by atoms with Crippen molar-refractivity contribution >= 4 is 23.7 Å². The van der Waals surface area contributed by atoms with E-state index in [4.69, 9.17) is 14.1 Å². The molecule has 1 aromatic heterocycles. The lowest BCUT2D eigenvalue weighted by Gasteiger charge is -2.46. The van der Waals surface area contributed by atoms with Crippen LogP contribution in [0.25, 0.3) is 5.57 Å². The molecular weight excluding hydrogens is 595 g/mol. The Kier molecular flexibility index (Phi) is 8.26. The number of hydrogen-bond acceptors (Lipinski definition) is 4. The molecule has 10 heteroatoms. The average molecular weight is 644 g/mol. The summed E-state index contributed by atoms with van der Waals surface area (Å²) in [6.45, 7) is 20.5. The minimum absolute atomic E-state index is 0.0338. The van der Waals surface area contributed by atoms with Gasteiger partial charge in [-0.1, -0.05) is 66.7 Å². The van der Waals surface area contributed by atoms with E-state index in [1.807, 2.05) is 19.9 Å². The van der Waals surface area contributed by atoms with Crippen LogP contribution in [0.2, 0.25) is 18.1 Å². The van der Waals surface area contributed by atoms with Gasteiger partial charge in [-0.15, -0.1) is 15.5 Å². The number of nitrogens with zero attached hydrogens (tertiary/aromatic N) is 1. The van der Waals surface area contributed by atoms with Gasteiger partial charge in [0.25, 0.3) is 0 Å². The zero-order valence-corrected chi connectivity index (χ0v) is 29.1. The van der Waals surface area contributed by atoms with Crippen molar-refractivity contribution in [2.75, 3.05) is 19.5 Å². The van der Waals surface area contributed by atoms with Crippen molar-refractivity contribution in [1.82, 2.24) is 4.98 Å². The molecule has 2 atom stereocenters. The summed E-state index contributed by atoms with van der Waals surface area (Å²) in [6.07, 6.45) is 2.36. The molecule has 4 nitrogen and oxygen atoms in total. The van der Waals surface area contributed by atoms with Crippen LogP contribution >= 0.6 is 9.84 Å². The van der Waals surface area contributed by atoms with E-state index in [9.17, 15) is 20.6 Å². The number of halogens is 4. The fourth-order valence-corrected chi connectivity index (χ4v) is 7.99. The Morgan fingerprint density at radius 1 is 1.09 bits per heavy atom. The highest BCUT2D eigenvalue weighted by molar-refractivity contribution is 8.49. The molecule has 1 aromatic carbocycles. The minimum Gasteiger partial charge on any atom is -0.410 e. The van der Waals surface area contributed by atoms with Gasteiger partial charge >= 0.3 is 0 Å². The summed E-state index contributed by atoms with van der Waals surface area (Å²) in [6, 6.07) is 3.83. The van der Waals surface area contributed by atoms with Crippen LogP contribution in [0.3, 0.4) is 0 Å². The van der Waals surface area contributed by atoms with Crippen LogP contribution in [-0.4, -0.2) is 37.9 Å². The molecule has 2 heterocycles. The number of benzene rings is 1. The van der Waals surface area contributed by atoms with E-state index in [0.29, 0.717) is 30.9 Å². The zero-order chi connectivity index (χ0) is 32.5. The first-order valence-electron chi connectivity index (χ1n) is 15.1. The molecule has 0 fully saturated rings. The van der Waals surface area contributed by atoms with Crippen molar-refractivity contribution in [2.24, 2.45) is 5.41 Å². The van der Waals surface area contributed by atoms with Gasteiger partial charge in [0, 0.05) is 22.5 Å². The van der Waals surface area contributed by atoms with Gasteiger partial charge in [-0.2, -0.15) is 0 Å². The first kappa shape index (κ1) is 34.2. The number of ether oxygens (including phenoxy) is 1. The van der Waals surface area contributed by atoms with Gasteiger partial charge in [-0.25, -0.2) is 0 Å². The molecule has 1 N–H and O–H groups in total. The maximum Gasteiger partial charge on any atom is 0.192 e. The SMILES string of the molecule is CC(C)c1nc2c(c(C3=CCOCC3)c1C(O)c1ccc(S(C)(F)(F)(F)F)cc1)C(O[Si](C)(C)C(C)(C)C)CC(C)(C)C2. The van der Waals surface area contributed by atoms with Gasteiger partial charge < -0.3 is 14.3 Å². The Labute approximate surface area is 255 Å². The summed E-state index contributed by atoms with van der Waals surface area (Å²) in [5.74, 6) is -0.0762. The number of aliphatic hydroxyl groups is 1. The Morgan fingerprint density at radius 3 is 2.19 bits per heavy atom. The number of hydrogen-bond donors (Lipinski definition) is 1. The van der Waals surface area contributed by atoms with Crippen LogP contribution in [0.1, 0.15) is 113 Å². The smallest absolute Gasteiger partial charge is 0.192 e. The summed E-state index contributed by atoms with van der Waals surface area (Å²) in [5.41, 5.74) is 5.30. The topological polar surface area (TPSA) is 51.6 Å². The van der Waals surface area contributed by atoms with E-state index >= 15 is 0 Å². The Morgan fingerprint density at radius 2 is 1.70 bits per heavy atom. The predicted molar refractivity (Wildman–Crippen MR) is 172 cm³/mol. The summed E-state index contributed by atoms with van der Waals surface area (Å²) in [4.78, 5) is 3.90. The monoisotopic (exact) mass is 643 g/mol. The van der Waals surface area contributed by atoms with Crippen molar-refractivity contribution in [3.63, 3.8) is 0 Å². The van der Waals surface area contributed by atoms with Crippen LogP contribution in [0.4, 0.5) is 15.5 Å². The van der Waals surface area contributed by atoms with Gasteiger partial charge in [0.05, 0.1) is 30.5 Å². The number of rotatable bonds is 7. The molecule has 0 radical (unpaired) electrons. The first-order valence-corrected chi connectivity index (χ1v) is 20.5. The van der Waals surface area contributed by atoms with E-state index < -0.39 is 29.2 Å². The molecule has 0 bridgehead atoms. The number of aliphatic hydroxyl groups excluding tert-OH is 1. The fraction of sp³-hybridized carbons (Fsp3) is 0.606. The molecule has 2 aliphatic rings. The van der Waals surface area contributed by atoms with E-state index in [-0.39, 0.29) is 34.3 Å². The molecule has 0 saturated carbocycles. The molecule has 0 amide bonds. The van der Waals surface area contributed by atoms with Gasteiger partial charge in [0.2, 0.25) is 0 Å². The van der Waals surface area contributed by atoms with Crippen molar-refractivity contribution < 1.29 is 29.8 Å². The first-order chi connectivity index (χ1) is 19.3. The van der Waals surface area contributed by atoms with Crippen molar-refractivity contribution in [2.45, 2.75) is 109 Å². The summed E-state index contributed by atoms with van der Waals surface area (Å²) in [5, 5.41) is 12.0. The third kappa shape index (κ3) is 7.24. The lowest BCUT2D eigenvalue weighted by Crippen LogP contribution is -2.44. The predicted octanol–water partition coefficient (Wildman–Crippen LogP) is 10.5. The summed E-state index contributed by atoms with van der Waals surface area (Å²) >= 11 is 0. The Balaban J connectivity index is 2.01. The molecule has 2 unspecified atom stereocenters. The zero-order valence-electron chi connectivity index (χ0n) is 27.3. The third-order valence-corrected chi connectivity index (χ3v) is 15.2. The minimum atomic E-state index is -8.37. The van der Waals surface area contributed by atoms with Crippen molar-refractivity contribution in [3.05, 3.63) is 64.0 Å². The van der Waals surface area contributed by atoms with Gasteiger partial charge in [0.15, 0.2) is 18.2 Å². The van der Waals surface area contributed by atoms with E-state index in [1.165, 1.54) is 12.1 Å². The molecule has 2 aromatic rings. The standard InChI is InChI=1S/C33H49F4NO3SSi/c1-21(2)30-29(31(39)23-11-13-24(14-12-23)42(8,34,35,36)37)27(22-15-17-40-18-16-22)28-25(38-30)19-33(6,7)20-26(28)41-43(9,10)32(3,4)5/h11-15,21,26,31,39H,16-20H2,1-10H3. The lowest BCUT2D eigenvalue weighted by molar-refractivity contribution is 0.105. The largest absolute Gasteiger partial charge is 0.410 e. The van der Waals surface area contributed by atoms with E-state index in [2.05, 4.69) is 47.7 Å². The second kappa shape index (κ2) is 10.4. The normalized spacial score (nSPS) is 22.0. The second-order valence-corrected chi connectivity index (χ2v) is 23.4. The second-order valence-electron chi connectivity index (χ2n) is 15.2. The fourth-order valence-electron chi connectivity index (χ4n) is 5.90. The van der Waals surface area contributed by atoms with Crippen LogP contribution in [0, 0.1) is 5.41 Å². The number of aromatic nitrogens is 1. The molecule has 1 aliphatic carbocycles. The molecule has 1 aliphatic heterocycles. The Bertz CT molecular complexity index is 1410. The quantitative estimate of drug-likeness (QED) is 0.241. The molecular formula is C33H49F4NO3SSi. The Hall–Kier alpha value is -1.72. The van der Waals surface area contributed by atoms with Crippen molar-refractivity contribution in [1.29, 1.82) is 0 Å². The molecule has 0 saturated heterocycles. The highest BCUT2D eigenvalue weighted by atomic mass is 32.5.